The number of esters is 1. The first kappa shape index (κ1) is 28.0. The number of nitrogen functional groups attached to an aromatic ring is 2. The van der Waals surface area contributed by atoms with Crippen LogP contribution < -0.4 is 36.9 Å². The molecule has 3 aromatic rings. The Hall–Kier alpha value is -6.02. The fourth-order valence-electron chi connectivity index (χ4n) is 4.11. The van der Waals surface area contributed by atoms with Gasteiger partial charge in [-0.2, -0.15) is 10.5 Å². The molecule has 0 saturated carbocycles. The summed E-state index contributed by atoms with van der Waals surface area (Å²) in [5.41, 5.74) is 13.7. The molecular formula is C27H25N9O5. The van der Waals surface area contributed by atoms with E-state index < -0.39 is 17.9 Å². The van der Waals surface area contributed by atoms with Crippen LogP contribution in [0.5, 0.6) is 11.5 Å². The van der Waals surface area contributed by atoms with Gasteiger partial charge in [-0.25, -0.2) is 14.8 Å². The number of aromatic nitrogens is 1. The molecule has 0 bridgehead atoms. The van der Waals surface area contributed by atoms with Gasteiger partial charge in [-0.15, -0.1) is 0 Å². The third-order valence-corrected chi connectivity index (χ3v) is 5.91. The number of carbonyl (C=O) groups is 2. The van der Waals surface area contributed by atoms with Crippen molar-refractivity contribution in [3.63, 3.8) is 0 Å². The lowest BCUT2D eigenvalue weighted by molar-refractivity contribution is -0.118. The molecular weight excluding hydrogens is 530 g/mol. The van der Waals surface area contributed by atoms with Crippen LogP contribution in [0.3, 0.4) is 0 Å². The van der Waals surface area contributed by atoms with Crippen molar-refractivity contribution in [2.24, 2.45) is 4.99 Å². The van der Waals surface area contributed by atoms with Gasteiger partial charge in [-0.3, -0.25) is 10.1 Å². The molecule has 2 aromatic carbocycles. The minimum atomic E-state index is -0.798. The Bertz CT molecular complexity index is 1620. The molecule has 1 aliphatic rings. The Labute approximate surface area is 234 Å². The zero-order chi connectivity index (χ0) is 29.5. The predicted molar refractivity (Wildman–Crippen MR) is 149 cm³/mol. The molecule has 1 amide bonds. The molecule has 1 atom stereocenters. The predicted octanol–water partition coefficient (Wildman–Crippen LogP) is 2.26. The average Bonchev–Trinajstić information content (AvgIpc) is 2.96. The van der Waals surface area contributed by atoms with Gasteiger partial charge in [-0.05, 0) is 36.8 Å². The summed E-state index contributed by atoms with van der Waals surface area (Å²) in [5, 5.41) is 26.6. The molecule has 0 radical (unpaired) electrons. The Morgan fingerprint density at radius 3 is 2.61 bits per heavy atom. The number of nitrogens with zero attached hydrogens (tertiary/aromatic N) is 4. The number of amides is 1. The number of aliphatic imine (C=N–C) groups is 1. The van der Waals surface area contributed by atoms with Crippen LogP contribution >= 0.6 is 0 Å². The molecule has 1 aliphatic heterocycles. The van der Waals surface area contributed by atoms with Gasteiger partial charge in [0.15, 0.2) is 24.3 Å². The quantitative estimate of drug-likeness (QED) is 0.153. The number of nitrogens with two attached hydrogens (primary N) is 2. The van der Waals surface area contributed by atoms with Gasteiger partial charge in [0.25, 0.3) is 5.91 Å². The van der Waals surface area contributed by atoms with E-state index in [2.05, 4.69) is 25.9 Å². The maximum absolute atomic E-state index is 12.6. The molecule has 1 aromatic heterocycles. The lowest BCUT2D eigenvalue weighted by Crippen LogP contribution is -2.32. The number of fused-ring (bicyclic) bond motifs is 1. The van der Waals surface area contributed by atoms with Crippen molar-refractivity contribution in [2.75, 3.05) is 42.4 Å². The molecule has 14 nitrogen and oxygen atoms in total. The van der Waals surface area contributed by atoms with Crippen molar-refractivity contribution in [2.45, 2.75) is 13.0 Å². The monoisotopic (exact) mass is 555 g/mol. The molecule has 0 aliphatic carbocycles. The van der Waals surface area contributed by atoms with Crippen molar-refractivity contribution in [1.29, 1.82) is 10.5 Å². The number of hydrogen-bond donors (Lipinski definition) is 5. The van der Waals surface area contributed by atoms with E-state index in [9.17, 15) is 14.9 Å². The number of guanidine groups is 1. The van der Waals surface area contributed by atoms with Gasteiger partial charge < -0.3 is 36.3 Å². The summed E-state index contributed by atoms with van der Waals surface area (Å²) in [7, 11) is 1.25. The van der Waals surface area contributed by atoms with Crippen molar-refractivity contribution in [1.82, 2.24) is 10.3 Å². The molecule has 0 fully saturated rings. The van der Waals surface area contributed by atoms with E-state index in [0.29, 0.717) is 16.9 Å². The second-order valence-electron chi connectivity index (χ2n) is 8.42. The summed E-state index contributed by atoms with van der Waals surface area (Å²) in [4.78, 5) is 33.4. The zero-order valence-corrected chi connectivity index (χ0v) is 22.0. The van der Waals surface area contributed by atoms with Gasteiger partial charge in [0.1, 0.15) is 29.3 Å². The van der Waals surface area contributed by atoms with E-state index in [0.717, 1.165) is 0 Å². The second kappa shape index (κ2) is 12.2. The zero-order valence-electron chi connectivity index (χ0n) is 22.0. The van der Waals surface area contributed by atoms with Crippen molar-refractivity contribution >= 4 is 40.8 Å². The van der Waals surface area contributed by atoms with Crippen LogP contribution in [0.1, 0.15) is 40.0 Å². The van der Waals surface area contributed by atoms with E-state index in [1.807, 2.05) is 6.07 Å². The molecule has 7 N–H and O–H groups in total. The summed E-state index contributed by atoms with van der Waals surface area (Å²) in [6, 6.07) is 12.5. The Morgan fingerprint density at radius 1 is 1.12 bits per heavy atom. The number of carbonyl (C=O) groups excluding carboxylic acids is 2. The normalized spacial score (nSPS) is 13.3. The highest BCUT2D eigenvalue weighted by Gasteiger charge is 2.30. The number of benzene rings is 2. The first-order chi connectivity index (χ1) is 19.8. The summed E-state index contributed by atoms with van der Waals surface area (Å²) >= 11 is 0. The molecule has 1 unspecified atom stereocenters. The van der Waals surface area contributed by atoms with Crippen LogP contribution in [0, 0.1) is 22.8 Å². The smallest absolute Gasteiger partial charge is 0.339 e. The number of pyridine rings is 1. The van der Waals surface area contributed by atoms with Crippen molar-refractivity contribution < 1.29 is 23.8 Å². The van der Waals surface area contributed by atoms with E-state index in [1.54, 1.807) is 49.5 Å². The maximum Gasteiger partial charge on any atom is 0.339 e. The number of methoxy groups -OCH3 is 1. The first-order valence-corrected chi connectivity index (χ1v) is 12.2. The van der Waals surface area contributed by atoms with Crippen LogP contribution in [0.25, 0.3) is 0 Å². The van der Waals surface area contributed by atoms with Crippen LogP contribution in [-0.2, 0) is 9.53 Å². The van der Waals surface area contributed by atoms with E-state index in [1.165, 1.54) is 13.2 Å². The minimum Gasteiger partial charge on any atom is -0.490 e. The highest BCUT2D eigenvalue weighted by molar-refractivity contribution is 6.01. The standard InChI is InChI=1S/C27H25N9O5/c1-3-40-19-10-14(23-21-22(30)16(11-28)24(31)35-25(21)36-27(34-23)32-13-29)8-9-18(19)41-12-20(37)33-17-7-5-4-6-15(17)26(38)39-2/h4-10,23H,3,12H2,1-2H3,(H,33,37)(H6,30,31,32,34,35,36). The first-order valence-electron chi connectivity index (χ1n) is 12.2. The average molecular weight is 556 g/mol. The molecule has 14 heteroatoms. The van der Waals surface area contributed by atoms with Crippen LogP contribution in [0.15, 0.2) is 47.5 Å². The Balaban J connectivity index is 1.62. The third kappa shape index (κ3) is 5.86. The van der Waals surface area contributed by atoms with E-state index in [-0.39, 0.29) is 59.1 Å². The summed E-state index contributed by atoms with van der Waals surface area (Å²) in [6.07, 6.45) is 1.80. The van der Waals surface area contributed by atoms with Gasteiger partial charge >= 0.3 is 5.97 Å². The Morgan fingerprint density at radius 2 is 1.90 bits per heavy atom. The van der Waals surface area contributed by atoms with Gasteiger partial charge in [0.2, 0.25) is 5.96 Å². The topological polar surface area (TPSA) is 223 Å². The van der Waals surface area contributed by atoms with Crippen molar-refractivity contribution in [3.05, 3.63) is 64.7 Å². The number of nitrogens with one attached hydrogen (secondary N) is 3. The number of ether oxygens (including phenoxy) is 3. The van der Waals surface area contributed by atoms with Gasteiger partial charge in [-0.1, -0.05) is 18.2 Å². The fourth-order valence-corrected chi connectivity index (χ4v) is 4.11. The number of anilines is 4. The molecule has 0 saturated heterocycles. The van der Waals surface area contributed by atoms with Gasteiger partial charge in [0, 0.05) is 5.56 Å². The third-order valence-electron chi connectivity index (χ3n) is 5.91. The van der Waals surface area contributed by atoms with Crippen LogP contribution in [0.2, 0.25) is 0 Å². The van der Waals surface area contributed by atoms with Crippen LogP contribution in [0.4, 0.5) is 23.0 Å². The molecule has 208 valence electrons. The van der Waals surface area contributed by atoms with E-state index in [4.69, 9.17) is 30.9 Å². The van der Waals surface area contributed by atoms with Gasteiger partial charge in [0.05, 0.1) is 30.7 Å². The summed E-state index contributed by atoms with van der Waals surface area (Å²) in [5.74, 6) is -0.271. The Kier molecular flexibility index (Phi) is 8.35. The number of nitriles is 2. The van der Waals surface area contributed by atoms with E-state index >= 15 is 0 Å². The minimum absolute atomic E-state index is 0.00668. The number of para-hydroxylation sites is 1. The maximum atomic E-state index is 12.6. The summed E-state index contributed by atoms with van der Waals surface area (Å²) in [6.45, 7) is 1.68. The number of rotatable bonds is 8. The van der Waals surface area contributed by atoms with Crippen LogP contribution in [-0.4, -0.2) is 43.1 Å². The fraction of sp³-hybridized carbons (Fsp3) is 0.185. The number of hydrogen-bond acceptors (Lipinski definition) is 13. The summed E-state index contributed by atoms with van der Waals surface area (Å²) < 4.78 is 16.3. The molecule has 0 spiro atoms. The second-order valence-corrected chi connectivity index (χ2v) is 8.42. The molecule has 4 rings (SSSR count). The lowest BCUT2D eigenvalue weighted by Gasteiger charge is -2.26. The van der Waals surface area contributed by atoms with Crippen molar-refractivity contribution in [3.8, 4) is 23.8 Å². The molecule has 41 heavy (non-hydrogen) atoms. The highest BCUT2D eigenvalue weighted by Crippen LogP contribution is 2.42. The lowest BCUT2D eigenvalue weighted by atomic mass is 9.95. The molecule has 2 heterocycles. The highest BCUT2D eigenvalue weighted by atomic mass is 16.5. The SMILES string of the molecule is CCOc1cc(C2N=C(NC#N)Nc3nc(N)c(C#N)c(N)c32)ccc1OCC(=O)Nc1ccccc1C(=O)OC. The largest absolute Gasteiger partial charge is 0.490 e.